The summed E-state index contributed by atoms with van der Waals surface area (Å²) in [6, 6.07) is 11.3. The molecular weight excluding hydrogens is 1070 g/mol. The maximum atomic E-state index is 4.43. The minimum absolute atomic E-state index is 0.141. The third kappa shape index (κ3) is 30.1. The van der Waals surface area contributed by atoms with Gasteiger partial charge in [0.25, 0.3) is 0 Å². The van der Waals surface area contributed by atoms with E-state index in [1.165, 1.54) is 230 Å². The van der Waals surface area contributed by atoms with Gasteiger partial charge in [-0.3, -0.25) is 0 Å². The first-order valence-electron chi connectivity index (χ1n) is 37.9. The lowest BCUT2D eigenvalue weighted by molar-refractivity contribution is 0.469. The predicted molar refractivity (Wildman–Crippen MR) is 396 cm³/mol. The number of hydrazine groups is 3. The zero-order valence-corrected chi connectivity index (χ0v) is 59.2. The van der Waals surface area contributed by atoms with E-state index in [0.717, 1.165) is 142 Å². The molecule has 502 valence electrons. The molecule has 11 heteroatoms. The van der Waals surface area contributed by atoms with Crippen LogP contribution in [-0.4, -0.2) is 64.9 Å². The molecule has 0 radical (unpaired) electrons. The Bertz CT molecular complexity index is 2070. The van der Waals surface area contributed by atoms with Crippen molar-refractivity contribution in [2.24, 2.45) is 0 Å². The molecule has 0 atom stereocenters. The fraction of sp³-hybridized carbons (Fsp3) is 0.789. The topological polar surface area (TPSA) is 106 Å². The second kappa shape index (κ2) is 51.7. The number of anilines is 9. The minimum Gasteiger partial charge on any atom is -0.383 e. The van der Waals surface area contributed by atoms with E-state index in [9.17, 15) is 0 Å². The Morgan fingerprint density at radius 3 is 1.05 bits per heavy atom. The van der Waals surface area contributed by atoms with Gasteiger partial charge in [-0.15, -0.1) is 0 Å². The van der Waals surface area contributed by atoms with E-state index in [2.05, 4.69) is 164 Å². The highest BCUT2D eigenvalue weighted by atomic mass is 15.9. The Morgan fingerprint density at radius 1 is 0.287 bits per heavy atom. The number of hydrogen-bond acceptors (Lipinski definition) is 11. The number of unbranched alkanes of at least 4 members (excludes halogenated alkanes) is 30. The molecule has 0 heterocycles. The van der Waals surface area contributed by atoms with E-state index in [1.807, 2.05) is 0 Å². The van der Waals surface area contributed by atoms with Crippen LogP contribution in [0.3, 0.4) is 0 Å². The first-order valence-corrected chi connectivity index (χ1v) is 37.9. The van der Waals surface area contributed by atoms with E-state index in [4.69, 9.17) is 0 Å². The highest BCUT2D eigenvalue weighted by molar-refractivity contribution is 6.28. The van der Waals surface area contributed by atoms with Crippen molar-refractivity contribution >= 4 is 62.0 Å². The average Bonchev–Trinajstić information content (AvgIpc) is 0.723. The van der Waals surface area contributed by atoms with Crippen molar-refractivity contribution in [2.45, 2.75) is 333 Å². The molecule has 0 aliphatic heterocycles. The first-order chi connectivity index (χ1) is 42.8. The lowest BCUT2D eigenvalue weighted by Gasteiger charge is -2.42. The van der Waals surface area contributed by atoms with Crippen LogP contribution in [0.15, 0.2) is 30.3 Å². The summed E-state index contributed by atoms with van der Waals surface area (Å²) in [6.07, 6.45) is 48.1. The van der Waals surface area contributed by atoms with Crippen molar-refractivity contribution in [3.8, 4) is 0 Å². The van der Waals surface area contributed by atoms with E-state index < -0.39 is 0 Å². The zero-order chi connectivity index (χ0) is 62.8. The van der Waals surface area contributed by atoms with Gasteiger partial charge in [0, 0.05) is 75.7 Å². The van der Waals surface area contributed by atoms with Crippen molar-refractivity contribution in [1.29, 1.82) is 0 Å². The third-order valence-corrected chi connectivity index (χ3v) is 17.4. The molecular formula is C76H143N11. The van der Waals surface area contributed by atoms with E-state index in [0.29, 0.717) is 0 Å². The van der Waals surface area contributed by atoms with Crippen LogP contribution in [0.4, 0.5) is 51.2 Å². The summed E-state index contributed by atoms with van der Waals surface area (Å²) in [7, 11) is 0. The van der Waals surface area contributed by atoms with Gasteiger partial charge in [0.05, 0.1) is 45.5 Å². The van der Waals surface area contributed by atoms with Crippen molar-refractivity contribution in [3.63, 3.8) is 0 Å². The van der Waals surface area contributed by atoms with Crippen molar-refractivity contribution in [2.75, 3.05) is 106 Å². The lowest BCUT2D eigenvalue weighted by Crippen LogP contribution is -2.60. The summed E-state index contributed by atoms with van der Waals surface area (Å²) >= 11 is 0. The Hall–Kier alpha value is -3.96. The molecule has 0 spiro atoms. The normalized spacial score (nSPS) is 11.5. The minimum atomic E-state index is 0.141. The molecule has 0 saturated heterocycles. The molecule has 11 nitrogen and oxygen atoms in total. The van der Waals surface area contributed by atoms with Gasteiger partial charge in [0.15, 0.2) is 0 Å². The van der Waals surface area contributed by atoms with Crippen molar-refractivity contribution in [3.05, 3.63) is 30.3 Å². The van der Waals surface area contributed by atoms with Crippen molar-refractivity contribution < 1.29 is 0 Å². The monoisotopic (exact) mass is 1210 g/mol. The third-order valence-electron chi connectivity index (χ3n) is 17.4. The summed E-state index contributed by atoms with van der Waals surface area (Å²) in [5.74, 6) is 0. The maximum Gasteiger partial charge on any atom is 0.113 e. The quantitative estimate of drug-likeness (QED) is 0.0205. The van der Waals surface area contributed by atoms with Crippen LogP contribution in [0.2, 0.25) is 0 Å². The van der Waals surface area contributed by atoms with Crippen LogP contribution in [0, 0.1) is 0 Å². The molecule has 0 aliphatic rings. The highest BCUT2D eigenvalue weighted by Gasteiger charge is 2.35. The fourth-order valence-corrected chi connectivity index (χ4v) is 12.2. The molecule has 3 aromatic rings. The second-order valence-electron chi connectivity index (χ2n) is 26.0. The molecule has 0 aliphatic carbocycles. The summed E-state index contributed by atoms with van der Waals surface area (Å²) in [5.41, 5.74) is 19.5. The summed E-state index contributed by atoms with van der Waals surface area (Å²) in [6.45, 7) is 34.1. The van der Waals surface area contributed by atoms with Gasteiger partial charge >= 0.3 is 0 Å². The number of nitrogens with zero attached hydrogens (tertiary/aromatic N) is 3. The van der Waals surface area contributed by atoms with Gasteiger partial charge in [0.1, 0.15) is 5.69 Å². The molecule has 0 unspecified atom stereocenters. The molecule has 3 aromatic carbocycles. The number of para-hydroxylation sites is 1. The SMILES string of the molecule is CCCCCCCCCCNc1c(NCCCCCCCC)c(NCCCCCCC)c2c(NCCCCCC)c(NCCCCC)c(N(CCCC)CCCC)c(NCCCC)c2c1N(NCCCCCCCCC)N(NC(C)C)c1ccccc1. The number of hydrogen-bond donors (Lipinski definition) is 8. The summed E-state index contributed by atoms with van der Waals surface area (Å²) in [4.78, 5) is 2.83. The van der Waals surface area contributed by atoms with Gasteiger partial charge in [-0.1, -0.05) is 273 Å². The van der Waals surface area contributed by atoms with Crippen molar-refractivity contribution in [1.82, 2.24) is 10.9 Å². The van der Waals surface area contributed by atoms with Gasteiger partial charge in [-0.05, 0) is 83.8 Å². The van der Waals surface area contributed by atoms with Crippen LogP contribution in [-0.2, 0) is 0 Å². The molecule has 8 N–H and O–H groups in total. The van der Waals surface area contributed by atoms with E-state index >= 15 is 0 Å². The maximum absolute atomic E-state index is 4.43. The Balaban J connectivity index is 2.90. The number of benzene rings is 3. The van der Waals surface area contributed by atoms with E-state index in [1.54, 1.807) is 0 Å². The molecule has 0 saturated carbocycles. The molecule has 0 fully saturated rings. The summed E-state index contributed by atoms with van der Waals surface area (Å²) < 4.78 is 0. The largest absolute Gasteiger partial charge is 0.383 e. The Labute approximate surface area is 539 Å². The molecule has 87 heavy (non-hydrogen) atoms. The highest BCUT2D eigenvalue weighted by Crippen LogP contribution is 2.58. The van der Waals surface area contributed by atoms with Gasteiger partial charge in [-0.25, -0.2) is 16.0 Å². The second-order valence-corrected chi connectivity index (χ2v) is 26.0. The van der Waals surface area contributed by atoms with Crippen LogP contribution >= 0.6 is 0 Å². The fourth-order valence-electron chi connectivity index (χ4n) is 12.2. The smallest absolute Gasteiger partial charge is 0.113 e. The standard InChI is InChI=1S/C76H143N11/c1-12-21-30-35-38-40-43-52-61-82-74-72(80-60-51-42-37-32-23-14-3)69(77-59-50-41-33-24-15-4)67-68(75(74)87(83-62-53-44-39-36-31-22-13-2)86(84-65(10)11)66-54-46-45-47-55-66)71(79-56-27-18-7)76(85(63-28-19-8)64-29-20-9)73(81-57-48-26-17-6)70(67)78-58-49-34-25-16-5/h45-47,54-55,65,77-84H,12-44,48-53,56-64H2,1-11H3. The molecule has 0 aromatic heterocycles. The first kappa shape index (κ1) is 77.3. The Morgan fingerprint density at radius 2 is 0.609 bits per heavy atom. The van der Waals surface area contributed by atoms with Crippen LogP contribution < -0.4 is 57.9 Å². The Kier molecular flexibility index (Phi) is 46.0. The van der Waals surface area contributed by atoms with E-state index in [-0.39, 0.29) is 6.04 Å². The van der Waals surface area contributed by atoms with Crippen LogP contribution in [0.25, 0.3) is 10.8 Å². The summed E-state index contributed by atoms with van der Waals surface area (Å²) in [5, 5.41) is 33.9. The predicted octanol–water partition coefficient (Wildman–Crippen LogP) is 23.2. The van der Waals surface area contributed by atoms with Gasteiger partial charge in [0.2, 0.25) is 0 Å². The number of fused-ring (bicyclic) bond motifs is 1. The van der Waals surface area contributed by atoms with Crippen LogP contribution in [0.5, 0.6) is 0 Å². The lowest BCUT2D eigenvalue weighted by atomic mass is 9.94. The number of nitrogens with one attached hydrogen (secondary N) is 8. The van der Waals surface area contributed by atoms with Gasteiger partial charge in [-0.2, -0.15) is 5.12 Å². The molecule has 3 rings (SSSR count). The van der Waals surface area contributed by atoms with Crippen LogP contribution in [0.1, 0.15) is 327 Å². The van der Waals surface area contributed by atoms with Gasteiger partial charge < -0.3 is 36.8 Å². The molecule has 0 amide bonds. The zero-order valence-electron chi connectivity index (χ0n) is 59.2. The molecule has 0 bridgehead atoms. The number of rotatable bonds is 61. The average molecular weight is 1210 g/mol.